The normalized spacial score (nSPS) is 16.1. The molecule has 0 aromatic rings. The lowest BCUT2D eigenvalue weighted by atomic mass is 10.1. The van der Waals surface area contributed by atoms with E-state index in [1.807, 2.05) is 6.07 Å². The van der Waals surface area contributed by atoms with E-state index >= 15 is 0 Å². The number of nitriles is 1. The molecule has 0 bridgehead atoms. The highest BCUT2D eigenvalue weighted by atomic mass is 14.9. The third-order valence-electron chi connectivity index (χ3n) is 1.48. The molecule has 1 aliphatic heterocycles. The van der Waals surface area contributed by atoms with Crippen LogP contribution in [0.2, 0.25) is 0 Å². The Labute approximate surface area is 70.2 Å². The fraction of sp³-hybridized carbons (Fsp3) is 0.125. The first kappa shape index (κ1) is 8.21. The Bertz CT molecular complexity index is 327. The number of nitrogens with two attached hydrogens (primary N) is 1. The van der Waals surface area contributed by atoms with E-state index in [4.69, 9.17) is 16.4 Å². The monoisotopic (exact) mass is 160 g/mol. The fourth-order valence-corrected chi connectivity index (χ4v) is 0.835. The van der Waals surface area contributed by atoms with Gasteiger partial charge in [-0.05, 0) is 6.42 Å². The van der Waals surface area contributed by atoms with Crippen LogP contribution in [0, 0.1) is 16.7 Å². The highest BCUT2D eigenvalue weighted by Crippen LogP contribution is 2.10. The van der Waals surface area contributed by atoms with Crippen LogP contribution in [0.25, 0.3) is 0 Å². The zero-order chi connectivity index (χ0) is 8.97. The number of hydrogen-bond acceptors (Lipinski definition) is 3. The van der Waals surface area contributed by atoms with Crippen molar-refractivity contribution < 1.29 is 0 Å². The van der Waals surface area contributed by atoms with Gasteiger partial charge in [-0.2, -0.15) is 5.26 Å². The number of amidine groups is 1. The minimum Gasteiger partial charge on any atom is -0.395 e. The van der Waals surface area contributed by atoms with Crippen molar-refractivity contribution in [1.29, 1.82) is 10.7 Å². The number of hydrogen-bond donors (Lipinski definition) is 2. The highest BCUT2D eigenvalue weighted by molar-refractivity contribution is 6.11. The average Bonchev–Trinajstić information content (AvgIpc) is 2.36. The van der Waals surface area contributed by atoms with Crippen LogP contribution in [-0.2, 0) is 0 Å². The molecule has 0 aromatic heterocycles. The molecule has 0 aromatic carbocycles. The summed E-state index contributed by atoms with van der Waals surface area (Å²) in [6, 6.07) is 1.88. The predicted molar refractivity (Wildman–Crippen MR) is 46.8 cm³/mol. The van der Waals surface area contributed by atoms with Gasteiger partial charge in [-0.25, -0.2) is 4.99 Å². The van der Waals surface area contributed by atoms with Crippen LogP contribution in [0.3, 0.4) is 0 Å². The molecule has 0 amide bonds. The Morgan fingerprint density at radius 2 is 2.50 bits per heavy atom. The summed E-state index contributed by atoms with van der Waals surface area (Å²) >= 11 is 0. The van der Waals surface area contributed by atoms with Gasteiger partial charge in [0.1, 0.15) is 0 Å². The minimum atomic E-state index is 0.107. The summed E-state index contributed by atoms with van der Waals surface area (Å²) in [5, 5.41) is 15.4. The van der Waals surface area contributed by atoms with E-state index in [9.17, 15) is 0 Å². The summed E-state index contributed by atoms with van der Waals surface area (Å²) in [6.07, 6.45) is 5.19. The maximum atomic E-state index is 8.20. The van der Waals surface area contributed by atoms with Gasteiger partial charge in [0.15, 0.2) is 5.84 Å². The second kappa shape index (κ2) is 3.49. The number of rotatable bonds is 2. The van der Waals surface area contributed by atoms with Crippen molar-refractivity contribution in [2.45, 2.75) is 6.42 Å². The van der Waals surface area contributed by atoms with Gasteiger partial charge in [-0.1, -0.05) is 6.08 Å². The van der Waals surface area contributed by atoms with Gasteiger partial charge < -0.3 is 5.73 Å². The number of nitrogens with one attached hydrogen (secondary N) is 1. The van der Waals surface area contributed by atoms with Gasteiger partial charge in [0.05, 0.1) is 11.8 Å². The quantitative estimate of drug-likeness (QED) is 0.583. The van der Waals surface area contributed by atoms with Crippen molar-refractivity contribution in [2.75, 3.05) is 0 Å². The molecule has 1 aliphatic rings. The first-order chi connectivity index (χ1) is 5.75. The average molecular weight is 160 g/mol. The second-order valence-electron chi connectivity index (χ2n) is 2.28. The van der Waals surface area contributed by atoms with Crippen LogP contribution >= 0.6 is 0 Å². The Morgan fingerprint density at radius 1 is 1.75 bits per heavy atom. The second-order valence-corrected chi connectivity index (χ2v) is 2.28. The van der Waals surface area contributed by atoms with Gasteiger partial charge in [-0.3, -0.25) is 5.41 Å². The maximum Gasteiger partial charge on any atom is 0.168 e. The molecule has 0 radical (unpaired) electrons. The van der Waals surface area contributed by atoms with Crippen molar-refractivity contribution in [3.63, 3.8) is 0 Å². The molecular weight excluding hydrogens is 152 g/mol. The molecular formula is C8H8N4. The number of allylic oxidation sites excluding steroid dienone is 3. The van der Waals surface area contributed by atoms with Crippen molar-refractivity contribution in [3.8, 4) is 6.07 Å². The fourth-order valence-electron chi connectivity index (χ4n) is 0.835. The SMILES string of the molecule is N#C/C=C/CC1=C(N)C(=N)N=C1. The van der Waals surface area contributed by atoms with E-state index in [0.29, 0.717) is 12.1 Å². The molecule has 0 unspecified atom stereocenters. The Kier molecular flexibility index (Phi) is 2.38. The van der Waals surface area contributed by atoms with Crippen LogP contribution in [0.5, 0.6) is 0 Å². The highest BCUT2D eigenvalue weighted by Gasteiger charge is 2.10. The zero-order valence-corrected chi connectivity index (χ0v) is 6.41. The van der Waals surface area contributed by atoms with E-state index in [-0.39, 0.29) is 5.84 Å². The minimum absolute atomic E-state index is 0.107. The van der Waals surface area contributed by atoms with Crippen LogP contribution in [-0.4, -0.2) is 12.1 Å². The van der Waals surface area contributed by atoms with Crippen molar-refractivity contribution in [3.05, 3.63) is 23.4 Å². The first-order valence-corrected chi connectivity index (χ1v) is 3.42. The standard InChI is InChI=1S/C8H8N4/c9-4-2-1-3-6-5-12-8(11)7(6)10/h1-2,5H,3H2,(H3,10,11,12)/b2-1+. The maximum absolute atomic E-state index is 8.20. The third kappa shape index (κ3) is 1.58. The van der Waals surface area contributed by atoms with Crippen LogP contribution < -0.4 is 5.73 Å². The zero-order valence-electron chi connectivity index (χ0n) is 6.41. The van der Waals surface area contributed by atoms with Crippen molar-refractivity contribution in [1.82, 2.24) is 0 Å². The molecule has 4 heteroatoms. The third-order valence-corrected chi connectivity index (χ3v) is 1.48. The Balaban J connectivity index is 2.66. The molecule has 3 N–H and O–H groups in total. The molecule has 60 valence electrons. The largest absolute Gasteiger partial charge is 0.395 e. The molecule has 4 nitrogen and oxygen atoms in total. The summed E-state index contributed by atoms with van der Waals surface area (Å²) in [4.78, 5) is 3.72. The van der Waals surface area contributed by atoms with E-state index in [1.165, 1.54) is 6.08 Å². The topological polar surface area (TPSA) is 86.0 Å². The summed E-state index contributed by atoms with van der Waals surface area (Å²) < 4.78 is 0. The van der Waals surface area contributed by atoms with E-state index in [2.05, 4.69) is 4.99 Å². The van der Waals surface area contributed by atoms with E-state index in [0.717, 1.165) is 5.57 Å². The van der Waals surface area contributed by atoms with Crippen molar-refractivity contribution in [2.24, 2.45) is 10.7 Å². The summed E-state index contributed by atoms with van der Waals surface area (Å²) in [5.41, 5.74) is 6.72. The molecule has 0 atom stereocenters. The molecule has 1 heterocycles. The molecule has 0 saturated heterocycles. The van der Waals surface area contributed by atoms with E-state index < -0.39 is 0 Å². The Morgan fingerprint density at radius 3 is 3.00 bits per heavy atom. The molecule has 0 saturated carbocycles. The lowest BCUT2D eigenvalue weighted by Crippen LogP contribution is -2.06. The van der Waals surface area contributed by atoms with Crippen LogP contribution in [0.15, 0.2) is 28.4 Å². The molecule has 0 fully saturated rings. The van der Waals surface area contributed by atoms with E-state index in [1.54, 1.807) is 12.3 Å². The Hall–Kier alpha value is -1.89. The lowest BCUT2D eigenvalue weighted by molar-refractivity contribution is 1.27. The van der Waals surface area contributed by atoms with Crippen LogP contribution in [0.1, 0.15) is 6.42 Å². The van der Waals surface area contributed by atoms with Gasteiger partial charge in [0.2, 0.25) is 0 Å². The van der Waals surface area contributed by atoms with Gasteiger partial charge in [0.25, 0.3) is 0 Å². The molecule has 0 aliphatic carbocycles. The number of nitrogens with zero attached hydrogens (tertiary/aromatic N) is 2. The summed E-state index contributed by atoms with van der Waals surface area (Å²) in [7, 11) is 0. The summed E-state index contributed by atoms with van der Waals surface area (Å²) in [5.74, 6) is 0.107. The first-order valence-electron chi connectivity index (χ1n) is 3.42. The number of aliphatic imine (C=N–C) groups is 1. The molecule has 0 spiro atoms. The molecule has 1 rings (SSSR count). The molecule has 12 heavy (non-hydrogen) atoms. The van der Waals surface area contributed by atoms with Gasteiger partial charge in [0, 0.05) is 17.9 Å². The van der Waals surface area contributed by atoms with Crippen molar-refractivity contribution >= 4 is 12.1 Å². The smallest absolute Gasteiger partial charge is 0.168 e. The summed E-state index contributed by atoms with van der Waals surface area (Å²) in [6.45, 7) is 0. The van der Waals surface area contributed by atoms with Crippen LogP contribution in [0.4, 0.5) is 0 Å². The van der Waals surface area contributed by atoms with Gasteiger partial charge in [-0.15, -0.1) is 0 Å². The lowest BCUT2D eigenvalue weighted by Gasteiger charge is -1.94. The van der Waals surface area contributed by atoms with Gasteiger partial charge >= 0.3 is 0 Å². The predicted octanol–water partition coefficient (Wildman–Crippen LogP) is 0.731.